The highest BCUT2D eigenvalue weighted by atomic mass is 16.4. The lowest BCUT2D eigenvalue weighted by atomic mass is 10.1. The second-order valence-corrected chi connectivity index (χ2v) is 4.04. The third kappa shape index (κ3) is 2.32. The standard InChI is InChI=1S/C10H16N2O4/c1-11-7(13)3-6-12(2)8(14)10(4-5-10)9(15)16/h3-6H2,1-2H3,(H,11,13)(H,15,16). The molecule has 0 radical (unpaired) electrons. The second-order valence-electron chi connectivity index (χ2n) is 4.04. The largest absolute Gasteiger partial charge is 0.480 e. The molecule has 0 atom stereocenters. The number of carboxylic acid groups (broad SMARTS) is 1. The van der Waals surface area contributed by atoms with E-state index < -0.39 is 17.3 Å². The number of hydrogen-bond donors (Lipinski definition) is 2. The maximum Gasteiger partial charge on any atom is 0.319 e. The second kappa shape index (κ2) is 4.51. The molecular formula is C10H16N2O4. The van der Waals surface area contributed by atoms with Crippen LogP contribution in [0.4, 0.5) is 0 Å². The highest BCUT2D eigenvalue weighted by Gasteiger charge is 2.58. The predicted molar refractivity (Wildman–Crippen MR) is 55.6 cm³/mol. The molecule has 2 amide bonds. The molecule has 0 aromatic heterocycles. The van der Waals surface area contributed by atoms with Crippen LogP contribution in [0.1, 0.15) is 19.3 Å². The molecule has 0 heterocycles. The quantitative estimate of drug-likeness (QED) is 0.618. The Hall–Kier alpha value is -1.59. The van der Waals surface area contributed by atoms with E-state index in [-0.39, 0.29) is 18.9 Å². The molecule has 1 aliphatic carbocycles. The zero-order valence-electron chi connectivity index (χ0n) is 9.45. The number of nitrogens with one attached hydrogen (secondary N) is 1. The minimum atomic E-state index is -1.21. The van der Waals surface area contributed by atoms with Crippen LogP contribution < -0.4 is 5.32 Å². The number of carboxylic acids is 1. The van der Waals surface area contributed by atoms with Gasteiger partial charge in [0.25, 0.3) is 0 Å². The van der Waals surface area contributed by atoms with Crippen molar-refractivity contribution in [3.8, 4) is 0 Å². The molecule has 0 saturated heterocycles. The Balaban J connectivity index is 2.49. The fraction of sp³-hybridized carbons (Fsp3) is 0.700. The van der Waals surface area contributed by atoms with Crippen molar-refractivity contribution in [2.24, 2.45) is 5.41 Å². The van der Waals surface area contributed by atoms with Crippen LogP contribution in [0.3, 0.4) is 0 Å². The van der Waals surface area contributed by atoms with Crippen molar-refractivity contribution in [2.45, 2.75) is 19.3 Å². The van der Waals surface area contributed by atoms with Crippen molar-refractivity contribution < 1.29 is 19.5 Å². The van der Waals surface area contributed by atoms with Crippen LogP contribution in [-0.4, -0.2) is 48.4 Å². The van der Waals surface area contributed by atoms with Gasteiger partial charge >= 0.3 is 5.97 Å². The summed E-state index contributed by atoms with van der Waals surface area (Å²) in [6, 6.07) is 0. The van der Waals surface area contributed by atoms with Gasteiger partial charge in [-0.05, 0) is 12.8 Å². The first-order valence-electron chi connectivity index (χ1n) is 5.13. The van der Waals surface area contributed by atoms with Gasteiger partial charge in [-0.2, -0.15) is 0 Å². The van der Waals surface area contributed by atoms with E-state index in [0.717, 1.165) is 0 Å². The summed E-state index contributed by atoms with van der Waals surface area (Å²) in [6.45, 7) is 0.244. The molecule has 0 spiro atoms. The minimum absolute atomic E-state index is 0.167. The molecule has 0 aromatic rings. The smallest absolute Gasteiger partial charge is 0.319 e. The number of aliphatic carboxylic acids is 1. The third-order valence-electron chi connectivity index (χ3n) is 2.87. The topological polar surface area (TPSA) is 86.7 Å². The van der Waals surface area contributed by atoms with Crippen molar-refractivity contribution >= 4 is 17.8 Å². The van der Waals surface area contributed by atoms with Gasteiger partial charge in [-0.1, -0.05) is 0 Å². The summed E-state index contributed by atoms with van der Waals surface area (Å²) in [4.78, 5) is 35.0. The Morgan fingerprint density at radius 3 is 2.31 bits per heavy atom. The van der Waals surface area contributed by atoms with Crippen LogP contribution in [-0.2, 0) is 14.4 Å². The molecule has 1 fully saturated rings. The molecule has 1 aliphatic rings. The lowest BCUT2D eigenvalue weighted by molar-refractivity contribution is -0.152. The van der Waals surface area contributed by atoms with Crippen LogP contribution in [0, 0.1) is 5.41 Å². The van der Waals surface area contributed by atoms with Crippen LogP contribution in [0.5, 0.6) is 0 Å². The van der Waals surface area contributed by atoms with E-state index in [1.807, 2.05) is 0 Å². The van der Waals surface area contributed by atoms with Crippen molar-refractivity contribution in [1.82, 2.24) is 10.2 Å². The summed E-state index contributed by atoms with van der Waals surface area (Å²) < 4.78 is 0. The lowest BCUT2D eigenvalue weighted by Crippen LogP contribution is -2.40. The van der Waals surface area contributed by atoms with E-state index in [4.69, 9.17) is 5.11 Å². The van der Waals surface area contributed by atoms with Crippen LogP contribution in [0.2, 0.25) is 0 Å². The van der Waals surface area contributed by atoms with Gasteiger partial charge in [0.2, 0.25) is 11.8 Å². The SMILES string of the molecule is CNC(=O)CCN(C)C(=O)C1(C(=O)O)CC1. The van der Waals surface area contributed by atoms with Crippen LogP contribution >= 0.6 is 0 Å². The third-order valence-corrected chi connectivity index (χ3v) is 2.87. The van der Waals surface area contributed by atoms with Gasteiger partial charge < -0.3 is 15.3 Å². The Labute approximate surface area is 93.6 Å². The molecule has 6 nitrogen and oxygen atoms in total. The fourth-order valence-corrected chi connectivity index (χ4v) is 1.51. The lowest BCUT2D eigenvalue weighted by Gasteiger charge is -2.20. The van der Waals surface area contributed by atoms with E-state index in [2.05, 4.69) is 5.32 Å². The Morgan fingerprint density at radius 2 is 1.94 bits per heavy atom. The number of hydrogen-bond acceptors (Lipinski definition) is 3. The maximum absolute atomic E-state index is 11.8. The van der Waals surface area contributed by atoms with Gasteiger partial charge in [0.1, 0.15) is 5.41 Å². The van der Waals surface area contributed by atoms with E-state index >= 15 is 0 Å². The van der Waals surface area contributed by atoms with Crippen molar-refractivity contribution in [3.05, 3.63) is 0 Å². The molecule has 1 saturated carbocycles. The molecule has 0 aliphatic heterocycles. The molecule has 6 heteroatoms. The number of carbonyl (C=O) groups excluding carboxylic acids is 2. The van der Waals surface area contributed by atoms with Crippen molar-refractivity contribution in [2.75, 3.05) is 20.6 Å². The van der Waals surface area contributed by atoms with Gasteiger partial charge in [-0.25, -0.2) is 0 Å². The van der Waals surface area contributed by atoms with E-state index in [1.165, 1.54) is 19.0 Å². The molecule has 90 valence electrons. The van der Waals surface area contributed by atoms with Gasteiger partial charge in [-0.3, -0.25) is 14.4 Å². The highest BCUT2D eigenvalue weighted by molar-refractivity contribution is 6.04. The minimum Gasteiger partial charge on any atom is -0.480 e. The summed E-state index contributed by atoms with van der Waals surface area (Å²) in [6.07, 6.45) is 0.978. The summed E-state index contributed by atoms with van der Waals surface area (Å²) in [5.74, 6) is -1.63. The molecule has 0 aromatic carbocycles. The molecule has 2 N–H and O–H groups in total. The number of carbonyl (C=O) groups is 3. The summed E-state index contributed by atoms with van der Waals surface area (Å²) in [5, 5.41) is 11.4. The van der Waals surface area contributed by atoms with E-state index in [9.17, 15) is 14.4 Å². The number of nitrogens with zero attached hydrogens (tertiary/aromatic N) is 1. The molecule has 0 bridgehead atoms. The molecular weight excluding hydrogens is 212 g/mol. The molecule has 16 heavy (non-hydrogen) atoms. The maximum atomic E-state index is 11.8. The number of rotatable bonds is 5. The highest BCUT2D eigenvalue weighted by Crippen LogP contribution is 2.47. The summed E-state index contributed by atoms with van der Waals surface area (Å²) >= 11 is 0. The first kappa shape index (κ1) is 12.5. The fourth-order valence-electron chi connectivity index (χ4n) is 1.51. The van der Waals surface area contributed by atoms with Crippen molar-refractivity contribution in [1.29, 1.82) is 0 Å². The Kier molecular flexibility index (Phi) is 3.51. The summed E-state index contributed by atoms with van der Waals surface area (Å²) in [5.41, 5.74) is -1.21. The average molecular weight is 228 g/mol. The predicted octanol–water partition coefficient (Wildman–Crippen LogP) is -0.554. The van der Waals surface area contributed by atoms with E-state index in [0.29, 0.717) is 12.8 Å². The average Bonchev–Trinajstić information content (AvgIpc) is 3.05. The van der Waals surface area contributed by atoms with E-state index in [1.54, 1.807) is 0 Å². The van der Waals surface area contributed by atoms with Gasteiger partial charge in [0.15, 0.2) is 0 Å². The Morgan fingerprint density at radius 1 is 1.38 bits per heavy atom. The van der Waals surface area contributed by atoms with Gasteiger partial charge in [0.05, 0.1) is 0 Å². The van der Waals surface area contributed by atoms with Gasteiger partial charge in [-0.15, -0.1) is 0 Å². The normalized spacial score (nSPS) is 16.4. The number of amides is 2. The molecule has 0 unspecified atom stereocenters. The first-order valence-corrected chi connectivity index (χ1v) is 5.13. The molecule has 1 rings (SSSR count). The van der Waals surface area contributed by atoms with Gasteiger partial charge in [0, 0.05) is 27.1 Å². The van der Waals surface area contributed by atoms with Crippen LogP contribution in [0.15, 0.2) is 0 Å². The van der Waals surface area contributed by atoms with Crippen LogP contribution in [0.25, 0.3) is 0 Å². The van der Waals surface area contributed by atoms with Crippen molar-refractivity contribution in [3.63, 3.8) is 0 Å². The summed E-state index contributed by atoms with van der Waals surface area (Å²) in [7, 11) is 3.04. The first-order chi connectivity index (χ1) is 7.44. The zero-order valence-corrected chi connectivity index (χ0v) is 9.45. The zero-order chi connectivity index (χ0) is 12.3. The Bertz CT molecular complexity index is 323. The monoisotopic (exact) mass is 228 g/mol.